The van der Waals surface area contributed by atoms with Crippen LogP contribution in [0.4, 0.5) is 17.6 Å². The summed E-state index contributed by atoms with van der Waals surface area (Å²) in [6, 6.07) is 0.216. The van der Waals surface area contributed by atoms with Crippen LogP contribution in [0.1, 0.15) is 85.0 Å². The highest BCUT2D eigenvalue weighted by Crippen LogP contribution is 2.49. The SMILES string of the molecule is CC(C)N1CCN([C@H]2CCCC(F)(F)[C@@H]2CC(=O)N2CCC(C)(C3CCC(F)(F)CC3)CC2)CC1. The smallest absolute Gasteiger partial charge is 0.252 e. The van der Waals surface area contributed by atoms with Crippen molar-refractivity contribution >= 4 is 5.91 Å². The maximum absolute atomic E-state index is 15.2. The predicted molar refractivity (Wildman–Crippen MR) is 130 cm³/mol. The van der Waals surface area contributed by atoms with Crippen LogP contribution in [0.2, 0.25) is 0 Å². The van der Waals surface area contributed by atoms with Crippen molar-refractivity contribution in [3.8, 4) is 0 Å². The Hall–Kier alpha value is -0.890. The fraction of sp³-hybridized carbons (Fsp3) is 0.963. The zero-order valence-electron chi connectivity index (χ0n) is 21.9. The molecule has 202 valence electrons. The van der Waals surface area contributed by atoms with Crippen molar-refractivity contribution in [2.45, 2.75) is 109 Å². The molecule has 4 nitrogen and oxygen atoms in total. The molecular weight excluding hydrogens is 458 g/mol. The number of alkyl halides is 4. The maximum Gasteiger partial charge on any atom is 0.252 e. The Morgan fingerprint density at radius 2 is 1.46 bits per heavy atom. The molecule has 1 amide bonds. The second-order valence-electron chi connectivity index (χ2n) is 12.4. The van der Waals surface area contributed by atoms with Crippen molar-refractivity contribution in [3.63, 3.8) is 0 Å². The zero-order valence-corrected chi connectivity index (χ0v) is 21.9. The van der Waals surface area contributed by atoms with Crippen molar-refractivity contribution in [1.29, 1.82) is 0 Å². The van der Waals surface area contributed by atoms with Crippen LogP contribution in [0.3, 0.4) is 0 Å². The van der Waals surface area contributed by atoms with Gasteiger partial charge in [0.15, 0.2) is 0 Å². The van der Waals surface area contributed by atoms with E-state index in [0.29, 0.717) is 38.4 Å². The van der Waals surface area contributed by atoms with Crippen LogP contribution in [0.25, 0.3) is 0 Å². The highest BCUT2D eigenvalue weighted by Gasteiger charge is 2.51. The van der Waals surface area contributed by atoms with Gasteiger partial charge in [-0.05, 0) is 63.7 Å². The number of halogens is 4. The summed E-state index contributed by atoms with van der Waals surface area (Å²) in [7, 11) is 0. The third-order valence-corrected chi connectivity index (χ3v) is 9.92. The Morgan fingerprint density at radius 3 is 2.03 bits per heavy atom. The lowest BCUT2D eigenvalue weighted by atomic mass is 9.64. The molecule has 2 saturated heterocycles. The van der Waals surface area contributed by atoms with Gasteiger partial charge in [0.25, 0.3) is 5.92 Å². The van der Waals surface area contributed by atoms with E-state index in [1.807, 2.05) is 0 Å². The number of piperazine rings is 1. The Bertz CT molecular complexity index is 720. The van der Waals surface area contributed by atoms with Gasteiger partial charge in [0.1, 0.15) is 0 Å². The largest absolute Gasteiger partial charge is 0.343 e. The first-order valence-corrected chi connectivity index (χ1v) is 13.9. The molecule has 0 unspecified atom stereocenters. The molecule has 35 heavy (non-hydrogen) atoms. The number of hydrogen-bond acceptors (Lipinski definition) is 3. The van der Waals surface area contributed by atoms with Crippen LogP contribution < -0.4 is 0 Å². The van der Waals surface area contributed by atoms with Gasteiger partial charge in [-0.15, -0.1) is 0 Å². The number of piperidine rings is 1. The predicted octanol–water partition coefficient (Wildman–Crippen LogP) is 5.66. The Balaban J connectivity index is 1.34. The van der Waals surface area contributed by atoms with Crippen LogP contribution in [-0.4, -0.2) is 83.8 Å². The first-order valence-electron chi connectivity index (χ1n) is 13.9. The van der Waals surface area contributed by atoms with Crippen LogP contribution in [0, 0.1) is 17.3 Å². The van der Waals surface area contributed by atoms with Crippen LogP contribution in [0.5, 0.6) is 0 Å². The summed E-state index contributed by atoms with van der Waals surface area (Å²) < 4.78 is 57.6. The van der Waals surface area contributed by atoms with Gasteiger partial charge in [-0.1, -0.05) is 6.92 Å². The highest BCUT2D eigenvalue weighted by atomic mass is 19.3. The second-order valence-corrected chi connectivity index (χ2v) is 12.4. The number of likely N-dealkylation sites (tertiary alicyclic amines) is 1. The zero-order chi connectivity index (χ0) is 25.4. The van der Waals surface area contributed by atoms with Crippen molar-refractivity contribution in [1.82, 2.24) is 14.7 Å². The van der Waals surface area contributed by atoms with Crippen molar-refractivity contribution in [2.75, 3.05) is 39.3 Å². The van der Waals surface area contributed by atoms with Crippen molar-refractivity contribution in [3.05, 3.63) is 0 Å². The van der Waals surface area contributed by atoms with E-state index in [-0.39, 0.29) is 49.0 Å². The third kappa shape index (κ3) is 6.16. The summed E-state index contributed by atoms with van der Waals surface area (Å²) in [6.07, 6.45) is 3.57. The lowest BCUT2D eigenvalue weighted by Gasteiger charge is -2.48. The monoisotopic (exact) mass is 503 g/mol. The normalized spacial score (nSPS) is 32.6. The molecule has 4 aliphatic rings. The summed E-state index contributed by atoms with van der Waals surface area (Å²) in [4.78, 5) is 19.6. The quantitative estimate of drug-likeness (QED) is 0.453. The summed E-state index contributed by atoms with van der Waals surface area (Å²) in [5.41, 5.74) is -0.0410. The average molecular weight is 504 g/mol. The number of hydrogen-bond donors (Lipinski definition) is 0. The van der Waals surface area contributed by atoms with E-state index >= 15 is 8.78 Å². The minimum Gasteiger partial charge on any atom is -0.343 e. The number of rotatable bonds is 5. The Morgan fingerprint density at radius 1 is 0.857 bits per heavy atom. The van der Waals surface area contributed by atoms with Gasteiger partial charge in [-0.25, -0.2) is 17.6 Å². The molecule has 2 saturated carbocycles. The average Bonchev–Trinajstić information content (AvgIpc) is 2.80. The van der Waals surface area contributed by atoms with Gasteiger partial charge in [-0.3, -0.25) is 14.6 Å². The maximum atomic E-state index is 15.2. The highest BCUT2D eigenvalue weighted by molar-refractivity contribution is 5.76. The fourth-order valence-electron chi connectivity index (χ4n) is 7.25. The van der Waals surface area contributed by atoms with E-state index in [1.165, 1.54) is 0 Å². The molecule has 8 heteroatoms. The molecule has 4 fully saturated rings. The van der Waals surface area contributed by atoms with E-state index in [1.54, 1.807) is 4.90 Å². The lowest BCUT2D eigenvalue weighted by Crippen LogP contribution is -2.58. The molecule has 0 aromatic rings. The molecule has 0 N–H and O–H groups in total. The molecule has 2 atom stereocenters. The van der Waals surface area contributed by atoms with E-state index < -0.39 is 17.8 Å². The number of carbonyl (C=O) groups excluding carboxylic acids is 1. The van der Waals surface area contributed by atoms with Gasteiger partial charge >= 0.3 is 0 Å². The van der Waals surface area contributed by atoms with E-state index in [4.69, 9.17) is 0 Å². The second kappa shape index (κ2) is 10.5. The molecule has 0 aromatic carbocycles. The lowest BCUT2D eigenvalue weighted by molar-refractivity contribution is -0.152. The molecular formula is C27H45F4N3O. The summed E-state index contributed by atoms with van der Waals surface area (Å²) in [6.45, 7) is 11.0. The first-order chi connectivity index (χ1) is 16.4. The molecule has 2 aliphatic heterocycles. The summed E-state index contributed by atoms with van der Waals surface area (Å²) in [5, 5.41) is 0. The van der Waals surface area contributed by atoms with Crippen LogP contribution in [0.15, 0.2) is 0 Å². The van der Waals surface area contributed by atoms with Crippen LogP contribution in [-0.2, 0) is 4.79 Å². The molecule has 0 radical (unpaired) electrons. The minimum absolute atomic E-state index is 0.0410. The van der Waals surface area contributed by atoms with Gasteiger partial charge in [-0.2, -0.15) is 0 Å². The number of carbonyl (C=O) groups is 1. The molecule has 0 bridgehead atoms. The molecule has 2 heterocycles. The third-order valence-electron chi connectivity index (χ3n) is 9.92. The summed E-state index contributed by atoms with van der Waals surface area (Å²) >= 11 is 0. The minimum atomic E-state index is -2.81. The van der Waals surface area contributed by atoms with Gasteiger partial charge < -0.3 is 4.90 Å². The van der Waals surface area contributed by atoms with Gasteiger partial charge in [0, 0.05) is 83.0 Å². The fourth-order valence-corrected chi connectivity index (χ4v) is 7.25. The first kappa shape index (κ1) is 27.2. The van der Waals surface area contributed by atoms with E-state index in [0.717, 1.165) is 45.4 Å². The molecule has 0 spiro atoms. The van der Waals surface area contributed by atoms with Gasteiger partial charge in [0.2, 0.25) is 11.8 Å². The van der Waals surface area contributed by atoms with Crippen molar-refractivity contribution in [2.24, 2.45) is 17.3 Å². The topological polar surface area (TPSA) is 26.8 Å². The Kier molecular flexibility index (Phi) is 8.12. The molecule has 2 aliphatic carbocycles. The van der Waals surface area contributed by atoms with E-state index in [2.05, 4.69) is 30.6 Å². The molecule has 0 aromatic heterocycles. The van der Waals surface area contributed by atoms with Crippen molar-refractivity contribution < 1.29 is 22.4 Å². The number of nitrogens with zero attached hydrogens (tertiary/aromatic N) is 3. The summed E-state index contributed by atoms with van der Waals surface area (Å²) in [5.74, 6) is -6.17. The molecule has 4 rings (SSSR count). The number of amides is 1. The standard InChI is InChI=1S/C27H45F4N3O/c1-20(2)32-15-17-33(18-16-32)23-5-4-8-27(30,31)22(23)19-24(35)34-13-11-25(3,12-14-34)21-6-9-26(28,29)10-7-21/h20-23H,4-19H2,1-3H3/t22-,23+/m1/s1. The van der Waals surface area contributed by atoms with E-state index in [9.17, 15) is 13.6 Å². The van der Waals surface area contributed by atoms with Crippen LogP contribution >= 0.6 is 0 Å². The Labute approximate surface area is 208 Å². The van der Waals surface area contributed by atoms with Gasteiger partial charge in [0.05, 0.1) is 0 Å².